The molecule has 1 atom stereocenters. The highest BCUT2D eigenvalue weighted by atomic mass is 35.5. The van der Waals surface area contributed by atoms with Crippen LogP contribution in [-0.2, 0) is 16.4 Å². The van der Waals surface area contributed by atoms with Crippen LogP contribution in [0.2, 0.25) is 5.02 Å². The Morgan fingerprint density at radius 1 is 1.19 bits per heavy atom. The van der Waals surface area contributed by atoms with Gasteiger partial charge in [0.05, 0.1) is 23.1 Å². The molecule has 1 saturated heterocycles. The molecule has 2 aromatic carbocycles. The fourth-order valence-electron chi connectivity index (χ4n) is 3.78. The lowest BCUT2D eigenvalue weighted by Crippen LogP contribution is -2.40. The van der Waals surface area contributed by atoms with Gasteiger partial charge in [-0.2, -0.15) is 0 Å². The molecule has 1 fully saturated rings. The van der Waals surface area contributed by atoms with Crippen LogP contribution in [0.3, 0.4) is 0 Å². The zero-order valence-corrected chi connectivity index (χ0v) is 19.6. The summed E-state index contributed by atoms with van der Waals surface area (Å²) in [5.74, 6) is 0.642. The molecule has 164 valence electrons. The van der Waals surface area contributed by atoms with Gasteiger partial charge in [-0.15, -0.1) is 11.3 Å². The maximum Gasteiger partial charge on any atom is 0.266 e. The minimum absolute atomic E-state index is 0.0149. The maximum absolute atomic E-state index is 13.6. The van der Waals surface area contributed by atoms with Gasteiger partial charge in [0.2, 0.25) is 0 Å². The largest absolute Gasteiger partial charge is 0.494 e. The molecule has 0 bridgehead atoms. The van der Waals surface area contributed by atoms with Gasteiger partial charge in [-0.1, -0.05) is 48.9 Å². The van der Waals surface area contributed by atoms with Crippen molar-refractivity contribution in [3.05, 3.63) is 64.0 Å². The number of hydrogen-bond donors (Lipinski definition) is 0. The number of rotatable bonds is 7. The van der Waals surface area contributed by atoms with Crippen LogP contribution in [0.5, 0.6) is 5.75 Å². The molecule has 31 heavy (non-hydrogen) atoms. The molecule has 0 radical (unpaired) electrons. The Balaban J connectivity index is 1.64. The smallest absolute Gasteiger partial charge is 0.266 e. The van der Waals surface area contributed by atoms with E-state index in [9.17, 15) is 13.2 Å². The quantitative estimate of drug-likeness (QED) is 0.470. The van der Waals surface area contributed by atoms with Crippen LogP contribution in [0.25, 0.3) is 10.1 Å². The summed E-state index contributed by atoms with van der Waals surface area (Å²) in [6, 6.07) is 14.9. The lowest BCUT2D eigenvalue weighted by atomic mass is 10.1. The maximum atomic E-state index is 13.6. The van der Waals surface area contributed by atoms with Crippen molar-refractivity contribution >= 4 is 48.8 Å². The van der Waals surface area contributed by atoms with Gasteiger partial charge in [-0.05, 0) is 36.6 Å². The van der Waals surface area contributed by atoms with E-state index in [1.54, 1.807) is 4.90 Å². The normalized spacial score (nSPS) is 17.7. The van der Waals surface area contributed by atoms with Crippen LogP contribution in [0, 0.1) is 0 Å². The molecule has 0 spiro atoms. The first-order valence-electron chi connectivity index (χ1n) is 10.3. The molecule has 0 N–H and O–H groups in total. The summed E-state index contributed by atoms with van der Waals surface area (Å²) in [5, 5.41) is 1.27. The van der Waals surface area contributed by atoms with Gasteiger partial charge in [-0.25, -0.2) is 8.42 Å². The Morgan fingerprint density at radius 3 is 2.58 bits per heavy atom. The minimum Gasteiger partial charge on any atom is -0.494 e. The number of halogens is 1. The molecule has 0 unspecified atom stereocenters. The van der Waals surface area contributed by atoms with E-state index in [0.29, 0.717) is 29.5 Å². The second kappa shape index (κ2) is 9.18. The van der Waals surface area contributed by atoms with Crippen molar-refractivity contribution in [1.82, 2.24) is 4.90 Å². The first-order chi connectivity index (χ1) is 14.9. The van der Waals surface area contributed by atoms with Crippen LogP contribution in [0.15, 0.2) is 48.5 Å². The molecule has 5 nitrogen and oxygen atoms in total. The zero-order valence-electron chi connectivity index (χ0n) is 17.2. The van der Waals surface area contributed by atoms with Crippen LogP contribution >= 0.6 is 22.9 Å². The van der Waals surface area contributed by atoms with Crippen LogP contribution < -0.4 is 4.74 Å². The van der Waals surface area contributed by atoms with Crippen molar-refractivity contribution in [2.24, 2.45) is 0 Å². The van der Waals surface area contributed by atoms with Gasteiger partial charge in [0.15, 0.2) is 9.84 Å². The Kier molecular flexibility index (Phi) is 6.55. The van der Waals surface area contributed by atoms with E-state index < -0.39 is 9.84 Å². The number of sulfone groups is 1. The second-order valence-electron chi connectivity index (χ2n) is 7.72. The zero-order chi connectivity index (χ0) is 22.0. The van der Waals surface area contributed by atoms with Gasteiger partial charge >= 0.3 is 0 Å². The molecular weight excluding hydrogens is 454 g/mol. The van der Waals surface area contributed by atoms with Gasteiger partial charge in [0.1, 0.15) is 10.6 Å². The number of fused-ring (bicyclic) bond motifs is 1. The molecular formula is C23H24ClNO4S2. The number of thiophene rings is 1. The van der Waals surface area contributed by atoms with Crippen molar-refractivity contribution in [2.45, 2.75) is 32.4 Å². The molecule has 1 aromatic heterocycles. The average Bonchev–Trinajstić information content (AvgIpc) is 3.30. The third-order valence-corrected chi connectivity index (χ3v) is 8.80. The second-order valence-corrected chi connectivity index (χ2v) is 11.4. The van der Waals surface area contributed by atoms with Crippen LogP contribution in [0.4, 0.5) is 0 Å². The predicted octanol–water partition coefficient (Wildman–Crippen LogP) is 5.17. The first-order valence-corrected chi connectivity index (χ1v) is 13.3. The number of benzene rings is 2. The van der Waals surface area contributed by atoms with E-state index in [-0.39, 0.29) is 23.5 Å². The summed E-state index contributed by atoms with van der Waals surface area (Å²) in [6.07, 6.45) is 1.37. The standard InChI is InChI=1S/C23H24ClNO4S2/c1-2-12-29-18-9-7-16(8-10-18)14-25(17-11-13-31(27,28)15-17)23(26)22-21(24)19-5-3-4-6-20(19)30-22/h3-10,17H,2,11-15H2,1H3/t17-/m0/s1. The predicted molar refractivity (Wildman–Crippen MR) is 126 cm³/mol. The SMILES string of the molecule is CCCOc1ccc(CN(C(=O)c2sc3ccccc3c2Cl)[C@H]2CCS(=O)(=O)C2)cc1. The molecule has 4 rings (SSSR count). The van der Waals surface area contributed by atoms with Crippen molar-refractivity contribution < 1.29 is 17.9 Å². The van der Waals surface area contributed by atoms with E-state index >= 15 is 0 Å². The van der Waals surface area contributed by atoms with Crippen molar-refractivity contribution in [2.75, 3.05) is 18.1 Å². The Hall–Kier alpha value is -2.09. The summed E-state index contributed by atoms with van der Waals surface area (Å²) in [4.78, 5) is 15.7. The highest BCUT2D eigenvalue weighted by molar-refractivity contribution is 7.91. The van der Waals surface area contributed by atoms with Crippen molar-refractivity contribution in [1.29, 1.82) is 0 Å². The van der Waals surface area contributed by atoms with Crippen molar-refractivity contribution in [3.8, 4) is 5.75 Å². The Bertz CT molecular complexity index is 1190. The summed E-state index contributed by atoms with van der Waals surface area (Å²) >= 11 is 7.91. The van der Waals surface area contributed by atoms with E-state index in [0.717, 1.165) is 27.8 Å². The van der Waals surface area contributed by atoms with Gasteiger partial charge < -0.3 is 9.64 Å². The van der Waals surface area contributed by atoms with Gasteiger partial charge in [0.25, 0.3) is 5.91 Å². The van der Waals surface area contributed by atoms with E-state index in [1.165, 1.54) is 11.3 Å². The third-order valence-electron chi connectivity index (χ3n) is 5.39. The molecule has 1 aliphatic rings. The van der Waals surface area contributed by atoms with Crippen LogP contribution in [-0.4, -0.2) is 43.4 Å². The summed E-state index contributed by atoms with van der Waals surface area (Å²) in [5.41, 5.74) is 0.915. The number of ether oxygens (including phenoxy) is 1. The monoisotopic (exact) mass is 477 g/mol. The fraction of sp³-hybridized carbons (Fsp3) is 0.348. The summed E-state index contributed by atoms with van der Waals surface area (Å²) in [7, 11) is -3.14. The summed E-state index contributed by atoms with van der Waals surface area (Å²) in [6.45, 7) is 3.01. The topological polar surface area (TPSA) is 63.7 Å². The molecule has 3 aromatic rings. The Labute approximate surface area is 191 Å². The summed E-state index contributed by atoms with van der Waals surface area (Å²) < 4.78 is 30.8. The number of hydrogen-bond acceptors (Lipinski definition) is 5. The number of nitrogens with zero attached hydrogens (tertiary/aromatic N) is 1. The van der Waals surface area contributed by atoms with Gasteiger partial charge in [0, 0.05) is 22.7 Å². The number of amides is 1. The molecule has 0 aliphatic carbocycles. The first kappa shape index (κ1) is 22.1. The molecule has 1 aliphatic heterocycles. The lowest BCUT2D eigenvalue weighted by Gasteiger charge is -2.28. The van der Waals surface area contributed by atoms with Crippen LogP contribution in [0.1, 0.15) is 35.0 Å². The van der Waals surface area contributed by atoms with Crippen molar-refractivity contribution in [3.63, 3.8) is 0 Å². The van der Waals surface area contributed by atoms with Gasteiger partial charge in [-0.3, -0.25) is 4.79 Å². The highest BCUT2D eigenvalue weighted by Gasteiger charge is 2.36. The molecule has 2 heterocycles. The van der Waals surface area contributed by atoms with E-state index in [1.807, 2.05) is 55.5 Å². The van der Waals surface area contributed by atoms with E-state index in [4.69, 9.17) is 16.3 Å². The number of carbonyl (C=O) groups excluding carboxylic acids is 1. The molecule has 1 amide bonds. The fourth-order valence-corrected chi connectivity index (χ4v) is 6.98. The molecule has 8 heteroatoms. The number of carbonyl (C=O) groups is 1. The average molecular weight is 478 g/mol. The van der Waals surface area contributed by atoms with E-state index in [2.05, 4.69) is 0 Å². The Morgan fingerprint density at radius 2 is 1.94 bits per heavy atom. The minimum atomic E-state index is -3.14. The third kappa shape index (κ3) is 4.89. The highest BCUT2D eigenvalue weighted by Crippen LogP contribution is 2.37. The molecule has 0 saturated carbocycles. The lowest BCUT2D eigenvalue weighted by molar-refractivity contribution is 0.0686.